The fourth-order valence-electron chi connectivity index (χ4n) is 4.96. The van der Waals surface area contributed by atoms with Crippen molar-refractivity contribution in [1.29, 1.82) is 0 Å². The third kappa shape index (κ3) is 3.36. The number of halogens is 1. The van der Waals surface area contributed by atoms with Crippen LogP contribution in [0.25, 0.3) is 0 Å². The minimum Gasteiger partial charge on any atom is -0.478 e. The molecular formula is C24H25ClN2O5. The fraction of sp³-hybridized carbons (Fsp3) is 0.375. The maximum Gasteiger partial charge on any atom is 0.335 e. The van der Waals surface area contributed by atoms with E-state index in [0.29, 0.717) is 31.0 Å². The molecule has 1 saturated heterocycles. The Labute approximate surface area is 191 Å². The van der Waals surface area contributed by atoms with Gasteiger partial charge in [-0.15, -0.1) is 0 Å². The molecule has 8 heteroatoms. The minimum absolute atomic E-state index is 0.00238. The predicted molar refractivity (Wildman–Crippen MR) is 119 cm³/mol. The van der Waals surface area contributed by atoms with Crippen LogP contribution in [0.2, 0.25) is 5.02 Å². The van der Waals surface area contributed by atoms with Gasteiger partial charge in [-0.05, 0) is 54.3 Å². The lowest BCUT2D eigenvalue weighted by atomic mass is 9.51. The smallest absolute Gasteiger partial charge is 0.335 e. The van der Waals surface area contributed by atoms with Crippen LogP contribution in [-0.2, 0) is 15.8 Å². The van der Waals surface area contributed by atoms with Crippen LogP contribution in [-0.4, -0.2) is 52.0 Å². The molecule has 1 aliphatic heterocycles. The Bertz CT molecular complexity index is 1120. The van der Waals surface area contributed by atoms with Crippen LogP contribution in [0.3, 0.4) is 0 Å². The number of carbonyl (C=O) groups excluding carboxylic acids is 2. The number of benzene rings is 2. The molecule has 2 aliphatic rings. The van der Waals surface area contributed by atoms with Crippen molar-refractivity contribution < 1.29 is 24.6 Å². The van der Waals surface area contributed by atoms with E-state index in [1.807, 2.05) is 19.1 Å². The van der Waals surface area contributed by atoms with Gasteiger partial charge in [-0.25, -0.2) is 4.79 Å². The van der Waals surface area contributed by atoms with Gasteiger partial charge in [0.1, 0.15) is 11.6 Å². The first-order chi connectivity index (χ1) is 15.1. The average molecular weight is 457 g/mol. The first-order valence-corrected chi connectivity index (χ1v) is 10.9. The van der Waals surface area contributed by atoms with Crippen molar-refractivity contribution in [2.75, 3.05) is 13.1 Å². The molecule has 0 spiro atoms. The van der Waals surface area contributed by atoms with E-state index in [2.05, 4.69) is 5.32 Å². The number of piperidine rings is 1. The molecule has 4 rings (SSSR count). The number of carboxylic acid groups (broad SMARTS) is 1. The highest BCUT2D eigenvalue weighted by atomic mass is 35.5. The topological polar surface area (TPSA) is 107 Å². The van der Waals surface area contributed by atoms with Crippen molar-refractivity contribution in [2.45, 2.75) is 43.7 Å². The number of fused-ring (bicyclic) bond motifs is 4. The Kier molecular flexibility index (Phi) is 5.51. The molecule has 1 fully saturated rings. The highest BCUT2D eigenvalue weighted by molar-refractivity contribution is 6.30. The molecule has 1 unspecified atom stereocenters. The maximum atomic E-state index is 13.3. The van der Waals surface area contributed by atoms with Crippen LogP contribution in [0.5, 0.6) is 0 Å². The lowest BCUT2D eigenvalue weighted by molar-refractivity contribution is -0.152. The second kappa shape index (κ2) is 7.90. The quantitative estimate of drug-likeness (QED) is 0.641. The van der Waals surface area contributed by atoms with Crippen LogP contribution in [0.15, 0.2) is 42.5 Å². The van der Waals surface area contributed by atoms with Crippen molar-refractivity contribution in [2.24, 2.45) is 0 Å². The SMILES string of the molecule is CC[C@@H](NC(=O)c1cccc(C(=O)O)c1)C(=O)N1CC[C@]2(O)c3ccc(Cl)cc3C2(C)C1. The van der Waals surface area contributed by atoms with Gasteiger partial charge >= 0.3 is 5.97 Å². The van der Waals surface area contributed by atoms with Gasteiger partial charge in [0.2, 0.25) is 5.91 Å². The Hall–Kier alpha value is -2.90. The average Bonchev–Trinajstić information content (AvgIpc) is 2.78. The molecule has 1 aliphatic carbocycles. The molecule has 7 nitrogen and oxygen atoms in total. The number of rotatable bonds is 5. The standard InChI is InChI=1S/C24H25ClN2O5/c1-3-19(26-20(28)14-5-4-6-15(11-14)22(30)31)21(29)27-10-9-24(32)17-8-7-16(25)12-18(17)23(24,2)13-27/h4-8,11-12,19,32H,3,9-10,13H2,1-2H3,(H,26,28)(H,30,31)/t19-,23?,24+/m1/s1. The number of aromatic carboxylic acids is 1. The van der Waals surface area contributed by atoms with E-state index in [1.54, 1.807) is 17.9 Å². The van der Waals surface area contributed by atoms with Crippen LogP contribution in [0.1, 0.15) is 58.5 Å². The summed E-state index contributed by atoms with van der Waals surface area (Å²) in [6.07, 6.45) is 0.776. The van der Waals surface area contributed by atoms with E-state index in [9.17, 15) is 19.5 Å². The Morgan fingerprint density at radius 3 is 2.56 bits per heavy atom. The number of likely N-dealkylation sites (tertiary alicyclic amines) is 1. The normalized spacial score (nSPS) is 24.6. The lowest BCUT2D eigenvalue weighted by Gasteiger charge is -2.60. The van der Waals surface area contributed by atoms with Crippen molar-refractivity contribution >= 4 is 29.4 Å². The molecule has 32 heavy (non-hydrogen) atoms. The monoisotopic (exact) mass is 456 g/mol. The molecule has 0 aromatic heterocycles. The zero-order chi connectivity index (χ0) is 23.3. The second-order valence-electron chi connectivity index (χ2n) is 8.71. The summed E-state index contributed by atoms with van der Waals surface area (Å²) in [6, 6.07) is 10.4. The van der Waals surface area contributed by atoms with Crippen LogP contribution < -0.4 is 5.32 Å². The number of nitrogens with one attached hydrogen (secondary N) is 1. The van der Waals surface area contributed by atoms with Crippen molar-refractivity contribution in [3.63, 3.8) is 0 Å². The summed E-state index contributed by atoms with van der Waals surface area (Å²) < 4.78 is 0. The largest absolute Gasteiger partial charge is 0.478 e. The summed E-state index contributed by atoms with van der Waals surface area (Å²) >= 11 is 6.16. The van der Waals surface area contributed by atoms with Gasteiger partial charge in [0.05, 0.1) is 5.56 Å². The van der Waals surface area contributed by atoms with E-state index in [0.717, 1.165) is 11.1 Å². The molecule has 168 valence electrons. The van der Waals surface area contributed by atoms with E-state index in [1.165, 1.54) is 24.3 Å². The number of aliphatic hydroxyl groups is 1. The highest BCUT2D eigenvalue weighted by Crippen LogP contribution is 2.59. The maximum absolute atomic E-state index is 13.3. The van der Waals surface area contributed by atoms with Crippen molar-refractivity contribution in [3.05, 3.63) is 69.7 Å². The first-order valence-electron chi connectivity index (χ1n) is 10.6. The summed E-state index contributed by atoms with van der Waals surface area (Å²) in [5.41, 5.74) is 0.328. The van der Waals surface area contributed by atoms with Crippen molar-refractivity contribution in [3.8, 4) is 0 Å². The van der Waals surface area contributed by atoms with E-state index >= 15 is 0 Å². The predicted octanol–water partition coefficient (Wildman–Crippen LogP) is 2.94. The highest BCUT2D eigenvalue weighted by Gasteiger charge is 2.62. The summed E-state index contributed by atoms with van der Waals surface area (Å²) in [7, 11) is 0. The minimum atomic E-state index is -1.13. The molecule has 0 radical (unpaired) electrons. The molecule has 0 bridgehead atoms. The third-order valence-corrected chi connectivity index (χ3v) is 7.12. The van der Waals surface area contributed by atoms with E-state index in [-0.39, 0.29) is 17.0 Å². The summed E-state index contributed by atoms with van der Waals surface area (Å²) in [4.78, 5) is 38.8. The summed E-state index contributed by atoms with van der Waals surface area (Å²) in [5.74, 6) is -1.86. The number of nitrogens with zero attached hydrogens (tertiary/aromatic N) is 1. The molecular weight excluding hydrogens is 432 g/mol. The number of amides is 2. The second-order valence-corrected chi connectivity index (χ2v) is 9.15. The van der Waals surface area contributed by atoms with Gasteiger partial charge in [-0.3, -0.25) is 9.59 Å². The zero-order valence-electron chi connectivity index (χ0n) is 17.9. The molecule has 1 heterocycles. The van der Waals surface area contributed by atoms with E-state index < -0.39 is 28.9 Å². The van der Waals surface area contributed by atoms with Gasteiger partial charge < -0.3 is 20.4 Å². The zero-order valence-corrected chi connectivity index (χ0v) is 18.6. The van der Waals surface area contributed by atoms with Crippen LogP contribution in [0, 0.1) is 0 Å². The Morgan fingerprint density at radius 2 is 1.88 bits per heavy atom. The van der Waals surface area contributed by atoms with Gasteiger partial charge in [-0.2, -0.15) is 0 Å². The van der Waals surface area contributed by atoms with Gasteiger partial charge in [0, 0.05) is 29.1 Å². The molecule has 3 N–H and O–H groups in total. The molecule has 2 aromatic carbocycles. The molecule has 3 atom stereocenters. The number of hydrogen-bond acceptors (Lipinski definition) is 4. The van der Waals surface area contributed by atoms with Crippen molar-refractivity contribution in [1.82, 2.24) is 10.2 Å². The molecule has 0 saturated carbocycles. The molecule has 2 amide bonds. The first kappa shape index (κ1) is 22.3. The summed E-state index contributed by atoms with van der Waals surface area (Å²) in [5, 5.41) is 23.7. The Balaban J connectivity index is 1.51. The number of hydrogen-bond donors (Lipinski definition) is 3. The lowest BCUT2D eigenvalue weighted by Crippen LogP contribution is -2.68. The Morgan fingerprint density at radius 1 is 1.16 bits per heavy atom. The van der Waals surface area contributed by atoms with Crippen LogP contribution >= 0.6 is 11.6 Å². The number of carboxylic acids is 1. The molecule has 2 aromatic rings. The van der Waals surface area contributed by atoms with Gasteiger partial charge in [-0.1, -0.05) is 37.6 Å². The van der Waals surface area contributed by atoms with Crippen LogP contribution in [0.4, 0.5) is 0 Å². The summed E-state index contributed by atoms with van der Waals surface area (Å²) in [6.45, 7) is 4.42. The van der Waals surface area contributed by atoms with E-state index in [4.69, 9.17) is 16.7 Å². The number of carbonyl (C=O) groups is 3. The fourth-order valence-corrected chi connectivity index (χ4v) is 5.13. The van der Waals surface area contributed by atoms with Gasteiger partial charge in [0.25, 0.3) is 5.91 Å². The third-order valence-electron chi connectivity index (χ3n) is 6.88. The van der Waals surface area contributed by atoms with Gasteiger partial charge in [0.15, 0.2) is 0 Å².